The molecule has 0 saturated heterocycles. The lowest BCUT2D eigenvalue weighted by atomic mass is 10.0. The maximum absolute atomic E-state index is 9.44. The van der Waals surface area contributed by atoms with Crippen molar-refractivity contribution in [2.24, 2.45) is 0 Å². The summed E-state index contributed by atoms with van der Waals surface area (Å²) in [6.45, 7) is 12.3. The molecule has 0 bridgehead atoms. The van der Waals surface area contributed by atoms with Gasteiger partial charge in [0.05, 0.1) is 5.60 Å². The maximum atomic E-state index is 9.44. The third-order valence-electron chi connectivity index (χ3n) is 2.12. The fraction of sp³-hybridized carbons (Fsp3) is 0.500. The molecule has 2 aromatic rings. The SMILES string of the molecule is Brc1ccsc1.CC(C)(O)c1ccsc1.CC(C)=O.CCOCC. The lowest BCUT2D eigenvalue weighted by Gasteiger charge is -2.14. The molecule has 1 N–H and O–H groups in total. The van der Waals surface area contributed by atoms with Gasteiger partial charge in [0.15, 0.2) is 0 Å². The van der Waals surface area contributed by atoms with Crippen LogP contribution in [-0.4, -0.2) is 24.1 Å². The van der Waals surface area contributed by atoms with E-state index in [1.165, 1.54) is 18.3 Å². The number of aliphatic hydroxyl groups is 1. The van der Waals surface area contributed by atoms with Gasteiger partial charge in [-0.15, -0.1) is 0 Å². The molecule has 0 saturated carbocycles. The van der Waals surface area contributed by atoms with Gasteiger partial charge < -0.3 is 14.6 Å². The van der Waals surface area contributed by atoms with Gasteiger partial charge in [0, 0.05) is 23.1 Å². The van der Waals surface area contributed by atoms with Crippen molar-refractivity contribution >= 4 is 44.4 Å². The standard InChI is InChI=1S/C7H10OS.C4H3BrS.C4H10O.C3H6O/c1-7(2,8)6-3-4-9-5-6;5-4-1-2-6-3-4;1-3-5-4-2;1-3(2)4/h3-5,8H,1-2H3;1-3H;3-4H2,1-2H3;1-2H3. The van der Waals surface area contributed by atoms with E-state index in [1.807, 2.05) is 47.5 Å². The Morgan fingerprint density at radius 3 is 1.71 bits per heavy atom. The van der Waals surface area contributed by atoms with Crippen LogP contribution in [0.2, 0.25) is 0 Å². The molecular formula is C18H29BrO3S2. The second-order valence-corrected chi connectivity index (χ2v) is 7.68. The molecule has 0 unspecified atom stereocenters. The van der Waals surface area contributed by atoms with Crippen LogP contribution in [0.4, 0.5) is 0 Å². The van der Waals surface area contributed by atoms with E-state index in [-0.39, 0.29) is 5.78 Å². The average Bonchev–Trinajstić information content (AvgIpc) is 3.12. The van der Waals surface area contributed by atoms with Crippen molar-refractivity contribution in [1.29, 1.82) is 0 Å². The molecule has 0 aliphatic carbocycles. The number of hydrogen-bond donors (Lipinski definition) is 1. The number of halogens is 1. The van der Waals surface area contributed by atoms with Crippen molar-refractivity contribution in [2.75, 3.05) is 13.2 Å². The second kappa shape index (κ2) is 16.0. The molecule has 0 amide bonds. The van der Waals surface area contributed by atoms with E-state index in [0.717, 1.165) is 18.8 Å². The molecule has 0 radical (unpaired) electrons. The lowest BCUT2D eigenvalue weighted by Crippen LogP contribution is -2.13. The average molecular weight is 437 g/mol. The zero-order valence-electron chi connectivity index (χ0n) is 15.3. The highest BCUT2D eigenvalue weighted by atomic mass is 79.9. The minimum absolute atomic E-state index is 0.167. The Morgan fingerprint density at radius 2 is 1.58 bits per heavy atom. The number of ketones is 1. The van der Waals surface area contributed by atoms with E-state index in [2.05, 4.69) is 15.9 Å². The predicted octanol–water partition coefficient (Wildman–Crippen LogP) is 6.12. The van der Waals surface area contributed by atoms with Crippen LogP contribution in [0.15, 0.2) is 38.1 Å². The van der Waals surface area contributed by atoms with E-state index < -0.39 is 5.60 Å². The van der Waals surface area contributed by atoms with E-state index in [9.17, 15) is 9.90 Å². The Labute approximate surface area is 162 Å². The van der Waals surface area contributed by atoms with Gasteiger partial charge >= 0.3 is 0 Å². The number of thiophene rings is 2. The smallest absolute Gasteiger partial charge is 0.126 e. The first kappa shape index (κ1) is 25.7. The fourth-order valence-electron chi connectivity index (χ4n) is 1.06. The third kappa shape index (κ3) is 19.5. The molecule has 0 aromatic carbocycles. The Hall–Kier alpha value is -0.530. The summed E-state index contributed by atoms with van der Waals surface area (Å²) < 4.78 is 6.01. The molecule has 6 heteroatoms. The summed E-state index contributed by atoms with van der Waals surface area (Å²) in [5.41, 5.74) is 0.326. The molecule has 2 rings (SSSR count). The first-order valence-corrected chi connectivity index (χ1v) is 10.3. The highest BCUT2D eigenvalue weighted by Gasteiger charge is 2.14. The van der Waals surface area contributed by atoms with Crippen LogP contribution in [0.3, 0.4) is 0 Å². The van der Waals surface area contributed by atoms with Gasteiger partial charge in [-0.2, -0.15) is 22.7 Å². The van der Waals surface area contributed by atoms with Crippen LogP contribution >= 0.6 is 38.6 Å². The Kier molecular flexibility index (Phi) is 17.1. The molecule has 0 aliphatic rings. The zero-order chi connectivity index (χ0) is 19.0. The summed E-state index contributed by atoms with van der Waals surface area (Å²) in [6.07, 6.45) is 0. The molecule has 24 heavy (non-hydrogen) atoms. The highest BCUT2D eigenvalue weighted by Crippen LogP contribution is 2.21. The van der Waals surface area contributed by atoms with Crippen LogP contribution in [0, 0.1) is 0 Å². The van der Waals surface area contributed by atoms with Crippen LogP contribution in [-0.2, 0) is 15.1 Å². The van der Waals surface area contributed by atoms with Crippen LogP contribution in [0.5, 0.6) is 0 Å². The minimum atomic E-state index is -0.667. The van der Waals surface area contributed by atoms with Gasteiger partial charge in [-0.1, -0.05) is 0 Å². The number of ether oxygens (including phenoxy) is 1. The van der Waals surface area contributed by atoms with Gasteiger partial charge in [-0.3, -0.25) is 0 Å². The van der Waals surface area contributed by atoms with Crippen molar-refractivity contribution in [3.05, 3.63) is 43.7 Å². The Balaban J connectivity index is 0. The first-order valence-electron chi connectivity index (χ1n) is 7.62. The molecular weight excluding hydrogens is 408 g/mol. The van der Waals surface area contributed by atoms with E-state index in [0.29, 0.717) is 0 Å². The number of carbonyl (C=O) groups excluding carboxylic acids is 1. The quantitative estimate of drug-likeness (QED) is 0.629. The highest BCUT2D eigenvalue weighted by molar-refractivity contribution is 9.10. The first-order chi connectivity index (χ1) is 11.1. The Bertz CT molecular complexity index is 483. The molecule has 0 aliphatic heterocycles. The molecule has 0 atom stereocenters. The largest absolute Gasteiger partial charge is 0.386 e. The molecule has 2 heterocycles. The number of carbonyl (C=O) groups is 1. The van der Waals surface area contributed by atoms with Crippen LogP contribution < -0.4 is 0 Å². The minimum Gasteiger partial charge on any atom is -0.386 e. The molecule has 0 fully saturated rings. The van der Waals surface area contributed by atoms with Gasteiger partial charge in [0.1, 0.15) is 5.78 Å². The second-order valence-electron chi connectivity index (χ2n) is 5.20. The van der Waals surface area contributed by atoms with Crippen molar-refractivity contribution < 1.29 is 14.6 Å². The summed E-state index contributed by atoms with van der Waals surface area (Å²) >= 11 is 6.59. The summed E-state index contributed by atoms with van der Waals surface area (Å²) in [4.78, 5) is 9.44. The van der Waals surface area contributed by atoms with E-state index in [1.54, 1.807) is 36.5 Å². The third-order valence-corrected chi connectivity index (χ3v) is 4.29. The summed E-state index contributed by atoms with van der Waals surface area (Å²) in [6, 6.07) is 3.95. The summed E-state index contributed by atoms with van der Waals surface area (Å²) in [5, 5.41) is 17.4. The van der Waals surface area contributed by atoms with Gasteiger partial charge in [0.2, 0.25) is 0 Å². The molecule has 0 spiro atoms. The molecule has 138 valence electrons. The van der Waals surface area contributed by atoms with Crippen molar-refractivity contribution in [2.45, 2.75) is 47.1 Å². The summed E-state index contributed by atoms with van der Waals surface area (Å²) in [5.74, 6) is 0.167. The number of Topliss-reactive ketones (excluding diaryl/α,β-unsaturated/α-hetero) is 1. The number of hydrogen-bond acceptors (Lipinski definition) is 5. The fourth-order valence-corrected chi connectivity index (χ4v) is 3.03. The van der Waals surface area contributed by atoms with Gasteiger partial charge in [-0.05, 0) is 91.3 Å². The maximum Gasteiger partial charge on any atom is 0.126 e. The van der Waals surface area contributed by atoms with Crippen molar-refractivity contribution in [3.8, 4) is 0 Å². The van der Waals surface area contributed by atoms with Gasteiger partial charge in [0.25, 0.3) is 0 Å². The number of rotatable bonds is 3. The van der Waals surface area contributed by atoms with Crippen molar-refractivity contribution in [1.82, 2.24) is 0 Å². The van der Waals surface area contributed by atoms with Crippen molar-refractivity contribution in [3.63, 3.8) is 0 Å². The van der Waals surface area contributed by atoms with Crippen LogP contribution in [0.25, 0.3) is 0 Å². The van der Waals surface area contributed by atoms with Crippen LogP contribution in [0.1, 0.15) is 47.1 Å². The Morgan fingerprint density at radius 1 is 1.12 bits per heavy atom. The zero-order valence-corrected chi connectivity index (χ0v) is 18.6. The van der Waals surface area contributed by atoms with E-state index >= 15 is 0 Å². The van der Waals surface area contributed by atoms with Gasteiger partial charge in [-0.25, -0.2) is 0 Å². The normalized spacial score (nSPS) is 9.50. The topological polar surface area (TPSA) is 46.5 Å². The van der Waals surface area contributed by atoms with E-state index in [4.69, 9.17) is 4.74 Å². The molecule has 2 aromatic heterocycles. The summed E-state index contributed by atoms with van der Waals surface area (Å²) in [7, 11) is 0. The monoisotopic (exact) mass is 436 g/mol. The molecule has 3 nitrogen and oxygen atoms in total. The predicted molar refractivity (Wildman–Crippen MR) is 110 cm³/mol. The lowest BCUT2D eigenvalue weighted by molar-refractivity contribution is -0.114.